The number of fused-ring (bicyclic) bond motifs is 2. The molecule has 2 aliphatic heterocycles. The highest BCUT2D eigenvalue weighted by Gasteiger charge is 2.57. The molecule has 0 aliphatic carbocycles. The number of rotatable bonds is 14. The molecule has 4 amide bonds. The Hall–Kier alpha value is -7.65. The number of amides is 4. The lowest BCUT2D eigenvalue weighted by Crippen LogP contribution is -2.50. The van der Waals surface area contributed by atoms with Gasteiger partial charge in [0, 0.05) is 23.0 Å². The van der Waals surface area contributed by atoms with Crippen LogP contribution >= 0.6 is 0 Å². The molecule has 382 valence electrons. The molecule has 21 nitrogen and oxygen atoms in total. The first-order chi connectivity index (χ1) is 34.2. The molecule has 0 saturated carbocycles. The first-order valence-corrected chi connectivity index (χ1v) is 22.1. The van der Waals surface area contributed by atoms with Crippen LogP contribution in [0.25, 0.3) is 22.3 Å². The lowest BCUT2D eigenvalue weighted by atomic mass is 9.84. The van der Waals surface area contributed by atoms with Crippen LogP contribution in [0.3, 0.4) is 0 Å². The van der Waals surface area contributed by atoms with Gasteiger partial charge in [0.2, 0.25) is 0 Å². The molecule has 2 saturated heterocycles. The number of aliphatic hydroxyl groups excluding tert-OH is 1. The smallest absolute Gasteiger partial charge is 0.465 e. The van der Waals surface area contributed by atoms with Crippen LogP contribution in [0.1, 0.15) is 73.7 Å². The van der Waals surface area contributed by atoms with Gasteiger partial charge in [-0.25, -0.2) is 29.9 Å². The lowest BCUT2D eigenvalue weighted by Gasteiger charge is -2.31. The van der Waals surface area contributed by atoms with E-state index in [1.165, 1.54) is 28.1 Å². The molecule has 27 heteroatoms. The third-order valence-electron chi connectivity index (χ3n) is 12.8. The number of alkyl halides is 6. The first kappa shape index (κ1) is 52.2. The zero-order chi connectivity index (χ0) is 52.2. The molecular weight excluding hydrogens is 967 g/mol. The van der Waals surface area contributed by atoms with Crippen molar-refractivity contribution in [3.8, 4) is 0 Å². The zero-order valence-electron chi connectivity index (χ0n) is 38.5. The number of hydrogen-bond acceptors (Lipinski definition) is 15. The Morgan fingerprint density at radius 1 is 0.667 bits per heavy atom. The summed E-state index contributed by atoms with van der Waals surface area (Å²) in [6, 6.07) is 14.4. The largest absolute Gasteiger partial charge is 0.471 e. The van der Waals surface area contributed by atoms with E-state index in [4.69, 9.17) is 14.2 Å². The van der Waals surface area contributed by atoms with E-state index in [0.29, 0.717) is 11.1 Å². The van der Waals surface area contributed by atoms with E-state index < -0.39 is 90.2 Å². The third-order valence-corrected chi connectivity index (χ3v) is 12.8. The normalized spacial score (nSPS) is 24.0. The van der Waals surface area contributed by atoms with Crippen LogP contribution in [0.15, 0.2) is 86.0 Å². The van der Waals surface area contributed by atoms with Gasteiger partial charge < -0.3 is 40.6 Å². The maximum absolute atomic E-state index is 13.1. The predicted molar refractivity (Wildman–Crippen MR) is 239 cm³/mol. The number of nitrogens with one attached hydrogen (secondary N) is 4. The van der Waals surface area contributed by atoms with Gasteiger partial charge in [-0.15, -0.1) is 0 Å². The molecule has 0 spiro atoms. The van der Waals surface area contributed by atoms with E-state index in [9.17, 15) is 55.4 Å². The summed E-state index contributed by atoms with van der Waals surface area (Å²) in [6.07, 6.45) is -7.18. The van der Waals surface area contributed by atoms with E-state index in [2.05, 4.69) is 40.5 Å². The van der Waals surface area contributed by atoms with E-state index in [1.54, 1.807) is 88.4 Å². The van der Waals surface area contributed by atoms with Crippen LogP contribution in [0.5, 0.6) is 0 Å². The number of carbonyl (C=O) groups is 5. The molecule has 2 unspecified atom stereocenters. The van der Waals surface area contributed by atoms with Gasteiger partial charge in [-0.2, -0.15) is 26.3 Å². The maximum atomic E-state index is 13.1. The molecule has 8 atom stereocenters. The Bertz CT molecular complexity index is 2920. The second kappa shape index (κ2) is 21.0. The fraction of sp³-hybridized carbons (Fsp3) is 0.400. The molecule has 8 rings (SSSR count). The van der Waals surface area contributed by atoms with Gasteiger partial charge in [-0.05, 0) is 37.1 Å². The number of aromatic nitrogens is 8. The second-order valence-electron chi connectivity index (χ2n) is 16.7. The van der Waals surface area contributed by atoms with Crippen molar-refractivity contribution in [3.63, 3.8) is 0 Å². The molecule has 0 radical (unpaired) electrons. The highest BCUT2D eigenvalue weighted by molar-refractivity contribution is 6.07. The number of carbonyl (C=O) groups excluding carboxylic acids is 5. The molecule has 2 aromatic carbocycles. The summed E-state index contributed by atoms with van der Waals surface area (Å²) in [5.74, 6) is -6.40. The minimum absolute atomic E-state index is 0.0746. The van der Waals surface area contributed by atoms with Crippen molar-refractivity contribution in [2.75, 3.05) is 23.8 Å². The van der Waals surface area contributed by atoms with Crippen molar-refractivity contribution in [1.29, 1.82) is 0 Å². The van der Waals surface area contributed by atoms with Gasteiger partial charge in [0.15, 0.2) is 46.4 Å². The van der Waals surface area contributed by atoms with Gasteiger partial charge in [0.1, 0.15) is 24.9 Å². The van der Waals surface area contributed by atoms with Crippen molar-refractivity contribution in [2.24, 2.45) is 11.8 Å². The fourth-order valence-corrected chi connectivity index (χ4v) is 8.65. The molecule has 2 aliphatic rings. The van der Waals surface area contributed by atoms with Crippen LogP contribution in [0.4, 0.5) is 38.0 Å². The van der Waals surface area contributed by atoms with Crippen molar-refractivity contribution in [2.45, 2.75) is 88.6 Å². The number of imidazole rings is 2. The van der Waals surface area contributed by atoms with Gasteiger partial charge in [0.05, 0.1) is 36.9 Å². The molecule has 2 fully saturated rings. The van der Waals surface area contributed by atoms with Gasteiger partial charge in [0.25, 0.3) is 18.3 Å². The molecule has 4 aromatic heterocycles. The van der Waals surface area contributed by atoms with Crippen LogP contribution in [-0.2, 0) is 28.6 Å². The highest BCUT2D eigenvalue weighted by Crippen LogP contribution is 2.46. The van der Waals surface area contributed by atoms with Crippen LogP contribution in [0, 0.1) is 11.8 Å². The minimum atomic E-state index is -5.13. The summed E-state index contributed by atoms with van der Waals surface area (Å²) >= 11 is 0. The van der Waals surface area contributed by atoms with E-state index in [1.807, 2.05) is 10.6 Å². The topological polar surface area (TPSA) is 269 Å². The number of ether oxygens (including phenoxy) is 3. The summed E-state index contributed by atoms with van der Waals surface area (Å²) < 4.78 is 98.4. The summed E-state index contributed by atoms with van der Waals surface area (Å²) in [5, 5.41) is 19.3. The SMILES string of the molecule is CC[C@@]1(CO)O[C@@H](n2cnc3c(NC(=O)c4ccccc4)ncnc32)[C@@H](NC(=O)C(F)(F)F)C1C.CC[C@@]1(COC=O)O[C@@H](n2cnc3c(NC(=O)c4ccccc4)ncnc32)[C@@H](NC(=O)C(F)(F)F)C1C. The van der Waals surface area contributed by atoms with E-state index >= 15 is 0 Å². The van der Waals surface area contributed by atoms with Crippen molar-refractivity contribution < 1.29 is 69.6 Å². The molecule has 6 heterocycles. The Morgan fingerprint density at radius 3 is 1.44 bits per heavy atom. The van der Waals surface area contributed by atoms with Crippen LogP contribution in [0.2, 0.25) is 0 Å². The monoisotopic (exact) mass is 1010 g/mol. The average molecular weight is 1010 g/mol. The number of hydrogen-bond donors (Lipinski definition) is 5. The molecular formula is C45H46F6N12O9. The number of halogens is 6. The van der Waals surface area contributed by atoms with Gasteiger partial charge in [-0.3, -0.25) is 33.1 Å². The predicted octanol–water partition coefficient (Wildman–Crippen LogP) is 5.04. The van der Waals surface area contributed by atoms with Crippen LogP contribution in [-0.4, -0.2) is 123 Å². The molecule has 6 aromatic rings. The first-order valence-electron chi connectivity index (χ1n) is 22.1. The van der Waals surface area contributed by atoms with Crippen molar-refractivity contribution in [3.05, 3.63) is 97.1 Å². The van der Waals surface area contributed by atoms with E-state index in [0.717, 1.165) is 6.33 Å². The Kier molecular flexibility index (Phi) is 15.2. The standard InChI is InChI=1S/C23H23F3N6O5.C22H23F3N6O4/c1-3-22(9-36-12-33)13(2)15(30-21(35)23(24,25)26)20(37-22)32-11-29-16-17(27-10-28-18(16)32)31-19(34)14-7-5-4-6-8-14;1-3-21(9-32)12(2)14(29-20(34)22(23,24)25)19(35-21)31-11-28-15-16(26-10-27-17(15)31)30-18(33)13-7-5-4-6-8-13/h4-8,10-13,15,20H,3,9H2,1-2H3,(H,30,35)(H,27,28,31,34);4-8,10-12,14,19,32H,3,9H2,1-2H3,(H,29,34)(H,26,27,30,33)/t13?,15-,20+,22-;12?,14-,19+,21-/m00/s1. The summed E-state index contributed by atoms with van der Waals surface area (Å²) in [5.41, 5.74) is -1.02. The molecule has 72 heavy (non-hydrogen) atoms. The zero-order valence-corrected chi connectivity index (χ0v) is 38.5. The maximum Gasteiger partial charge on any atom is 0.471 e. The minimum Gasteiger partial charge on any atom is -0.465 e. The lowest BCUT2D eigenvalue weighted by molar-refractivity contribution is -0.175. The Morgan fingerprint density at radius 2 is 1.07 bits per heavy atom. The van der Waals surface area contributed by atoms with Crippen LogP contribution < -0.4 is 21.3 Å². The van der Waals surface area contributed by atoms with Crippen molar-refractivity contribution in [1.82, 2.24) is 49.7 Å². The number of nitrogens with zero attached hydrogens (tertiary/aromatic N) is 8. The number of benzene rings is 2. The molecule has 0 bridgehead atoms. The average Bonchev–Trinajstić information content (AvgIpc) is 4.13. The number of anilines is 2. The van der Waals surface area contributed by atoms with Crippen molar-refractivity contribution >= 4 is 64.1 Å². The summed E-state index contributed by atoms with van der Waals surface area (Å²) in [4.78, 5) is 84.8. The summed E-state index contributed by atoms with van der Waals surface area (Å²) in [7, 11) is 0. The fourth-order valence-electron chi connectivity index (χ4n) is 8.65. The number of aliphatic hydroxyl groups is 1. The van der Waals surface area contributed by atoms with Gasteiger partial charge in [-0.1, -0.05) is 64.1 Å². The second-order valence-corrected chi connectivity index (χ2v) is 16.7. The quantitative estimate of drug-likeness (QED) is 0.0706. The van der Waals surface area contributed by atoms with Gasteiger partial charge >= 0.3 is 24.2 Å². The summed E-state index contributed by atoms with van der Waals surface area (Å²) in [6.45, 7) is 6.14. The van der Waals surface area contributed by atoms with E-state index in [-0.39, 0.29) is 59.9 Å². The molecule has 5 N–H and O–H groups in total. The Balaban J connectivity index is 0.000000212. The highest BCUT2D eigenvalue weighted by atomic mass is 19.4. The third kappa shape index (κ3) is 10.4. The Labute approximate surface area is 404 Å².